The van der Waals surface area contributed by atoms with E-state index >= 15 is 0 Å². The molecule has 1 aliphatic carbocycles. The van der Waals surface area contributed by atoms with Crippen molar-refractivity contribution < 1.29 is 26.5 Å². The molecule has 1 aromatic carbocycles. The molecule has 40 heavy (non-hydrogen) atoms. The van der Waals surface area contributed by atoms with Crippen molar-refractivity contribution in [2.75, 3.05) is 0 Å². The van der Waals surface area contributed by atoms with Crippen molar-refractivity contribution >= 4 is 40.6 Å². The van der Waals surface area contributed by atoms with Crippen molar-refractivity contribution in [3.05, 3.63) is 41.3 Å². The zero-order valence-electron chi connectivity index (χ0n) is 27.6. The van der Waals surface area contributed by atoms with Gasteiger partial charge in [0.2, 0.25) is 15.6 Å². The van der Waals surface area contributed by atoms with Crippen molar-refractivity contribution in [2.45, 2.75) is 140 Å². The molecule has 0 saturated carbocycles. The zero-order chi connectivity index (χ0) is 31.3. The van der Waals surface area contributed by atoms with Crippen LogP contribution in [0.25, 0.3) is 0 Å². The fourth-order valence-corrected chi connectivity index (χ4v) is 8.84. The standard InChI is InChI=1S/C30H54O6SSi3/c1-28(2,3)38(10,11)34-23-21-24(37(32,33)22-19-17-16-18-20-22)25(31)27(36-40(14,15)30(7,8)9)26(23)35-39(12,13)29(4,5)6/h16-21,23,26-27H,1-15H3/t23-,26-,27+/m1/s1. The van der Waals surface area contributed by atoms with Gasteiger partial charge in [-0.05, 0) is 72.6 Å². The molecular formula is C30H54O6SSi3. The second-order valence-corrected chi connectivity index (χ2v) is 31.9. The maximum Gasteiger partial charge on any atom is 0.209 e. The number of sulfone groups is 1. The van der Waals surface area contributed by atoms with Gasteiger partial charge >= 0.3 is 0 Å². The number of rotatable bonds is 8. The fraction of sp³-hybridized carbons (Fsp3) is 0.700. The molecule has 0 unspecified atom stereocenters. The van der Waals surface area contributed by atoms with E-state index in [1.54, 1.807) is 18.2 Å². The summed E-state index contributed by atoms with van der Waals surface area (Å²) in [6.45, 7) is 31.9. The highest BCUT2D eigenvalue weighted by molar-refractivity contribution is 7.96. The Bertz CT molecular complexity index is 1200. The maximum absolute atomic E-state index is 14.3. The number of carbonyl (C=O) groups is 1. The molecule has 228 valence electrons. The molecule has 1 aromatic rings. The minimum Gasteiger partial charge on any atom is -0.408 e. The molecule has 1 aliphatic rings. The molecular weight excluding hydrogens is 573 g/mol. The Morgan fingerprint density at radius 3 is 1.48 bits per heavy atom. The molecule has 0 heterocycles. The molecule has 10 heteroatoms. The zero-order valence-corrected chi connectivity index (χ0v) is 31.4. The van der Waals surface area contributed by atoms with Gasteiger partial charge < -0.3 is 13.3 Å². The summed E-state index contributed by atoms with van der Waals surface area (Å²) in [6.07, 6.45) is -1.08. The quantitative estimate of drug-likeness (QED) is 0.271. The largest absolute Gasteiger partial charge is 0.408 e. The third-order valence-electron chi connectivity index (χ3n) is 9.48. The van der Waals surface area contributed by atoms with Crippen molar-refractivity contribution in [1.29, 1.82) is 0 Å². The van der Waals surface area contributed by atoms with E-state index in [4.69, 9.17) is 13.3 Å². The van der Waals surface area contributed by atoms with Crippen LogP contribution in [-0.4, -0.2) is 57.5 Å². The van der Waals surface area contributed by atoms with Gasteiger partial charge in [0.15, 0.2) is 25.0 Å². The Morgan fingerprint density at radius 1 is 0.650 bits per heavy atom. The van der Waals surface area contributed by atoms with Crippen molar-refractivity contribution in [1.82, 2.24) is 0 Å². The summed E-state index contributed by atoms with van der Waals surface area (Å²) in [5.74, 6) is -0.549. The van der Waals surface area contributed by atoms with Crippen molar-refractivity contribution in [2.24, 2.45) is 0 Å². The van der Waals surface area contributed by atoms with Crippen LogP contribution in [0.4, 0.5) is 0 Å². The summed E-state index contributed by atoms with van der Waals surface area (Å²) in [5, 5.41) is -0.485. The number of ketones is 1. The summed E-state index contributed by atoms with van der Waals surface area (Å²) >= 11 is 0. The Labute approximate surface area is 247 Å². The number of hydrogen-bond acceptors (Lipinski definition) is 6. The van der Waals surface area contributed by atoms with Crippen molar-refractivity contribution in [3.63, 3.8) is 0 Å². The van der Waals surface area contributed by atoms with Crippen molar-refractivity contribution in [3.8, 4) is 0 Å². The fourth-order valence-electron chi connectivity index (χ4n) is 3.62. The van der Waals surface area contributed by atoms with Gasteiger partial charge in [0, 0.05) is 0 Å². The average molecular weight is 627 g/mol. The normalized spacial score (nSPS) is 22.3. The summed E-state index contributed by atoms with van der Waals surface area (Å²) < 4.78 is 48.7. The van der Waals surface area contributed by atoms with E-state index in [1.807, 2.05) is 0 Å². The third kappa shape index (κ3) is 7.36. The van der Waals surface area contributed by atoms with Crippen LogP contribution >= 0.6 is 0 Å². The van der Waals surface area contributed by atoms with E-state index in [0.717, 1.165) is 0 Å². The van der Waals surface area contributed by atoms with Gasteiger partial charge in [0.05, 0.1) is 11.0 Å². The van der Waals surface area contributed by atoms with Crippen LogP contribution in [0.1, 0.15) is 62.3 Å². The molecule has 0 spiro atoms. The first-order valence-electron chi connectivity index (χ1n) is 14.3. The van der Waals surface area contributed by atoms with Crippen LogP contribution in [0, 0.1) is 0 Å². The third-order valence-corrected chi connectivity index (χ3v) is 24.7. The highest BCUT2D eigenvalue weighted by Crippen LogP contribution is 2.45. The predicted octanol–water partition coefficient (Wildman–Crippen LogP) is 8.10. The van der Waals surface area contributed by atoms with Gasteiger partial charge in [-0.15, -0.1) is 0 Å². The van der Waals surface area contributed by atoms with E-state index < -0.39 is 58.9 Å². The van der Waals surface area contributed by atoms with E-state index in [9.17, 15) is 13.2 Å². The van der Waals surface area contributed by atoms with Crippen LogP contribution in [0.5, 0.6) is 0 Å². The van der Waals surface area contributed by atoms with Gasteiger partial charge in [0.25, 0.3) is 0 Å². The van der Waals surface area contributed by atoms with Gasteiger partial charge in [0.1, 0.15) is 17.1 Å². The first-order valence-corrected chi connectivity index (χ1v) is 24.5. The molecule has 0 saturated heterocycles. The number of benzene rings is 1. The summed E-state index contributed by atoms with van der Waals surface area (Å²) in [4.78, 5) is 14.2. The predicted molar refractivity (Wildman–Crippen MR) is 173 cm³/mol. The lowest BCUT2D eigenvalue weighted by Crippen LogP contribution is -2.61. The van der Waals surface area contributed by atoms with Crippen LogP contribution in [0.15, 0.2) is 46.2 Å². The topological polar surface area (TPSA) is 78.9 Å². The first kappa shape index (κ1) is 35.3. The summed E-state index contributed by atoms with van der Waals surface area (Å²) in [5.41, 5.74) is 0. The highest BCUT2D eigenvalue weighted by atomic mass is 32.2. The molecule has 0 aromatic heterocycles. The maximum atomic E-state index is 14.3. The molecule has 3 atom stereocenters. The molecule has 2 rings (SSSR count). The molecule has 0 bridgehead atoms. The molecule has 0 radical (unpaired) electrons. The van der Waals surface area contributed by atoms with E-state index in [-0.39, 0.29) is 24.9 Å². The lowest BCUT2D eigenvalue weighted by atomic mass is 9.97. The van der Waals surface area contributed by atoms with E-state index in [2.05, 4.69) is 102 Å². The number of hydrogen-bond donors (Lipinski definition) is 0. The smallest absolute Gasteiger partial charge is 0.209 e. The molecule has 0 N–H and O–H groups in total. The summed E-state index contributed by atoms with van der Waals surface area (Å²) in [6, 6.07) is 8.13. The van der Waals surface area contributed by atoms with E-state index in [1.165, 1.54) is 18.2 Å². The second-order valence-electron chi connectivity index (χ2n) is 15.7. The van der Waals surface area contributed by atoms with Crippen LogP contribution in [0.3, 0.4) is 0 Å². The van der Waals surface area contributed by atoms with Gasteiger partial charge in [-0.25, -0.2) is 8.42 Å². The molecule has 0 aliphatic heterocycles. The minimum absolute atomic E-state index is 0.0792. The Hall–Kier alpha value is -0.889. The van der Waals surface area contributed by atoms with E-state index in [0.29, 0.717) is 0 Å². The Balaban J connectivity index is 2.87. The lowest BCUT2D eigenvalue weighted by molar-refractivity contribution is -0.131. The number of carbonyl (C=O) groups excluding carboxylic acids is 1. The molecule has 0 amide bonds. The first-order chi connectivity index (χ1) is 17.7. The molecule has 6 nitrogen and oxygen atoms in total. The van der Waals surface area contributed by atoms with Gasteiger partial charge in [-0.3, -0.25) is 4.79 Å². The van der Waals surface area contributed by atoms with Crippen LogP contribution < -0.4 is 0 Å². The highest BCUT2D eigenvalue weighted by Gasteiger charge is 2.54. The Kier molecular flexibility index (Phi) is 9.99. The summed E-state index contributed by atoms with van der Waals surface area (Å²) in [7, 11) is -11.5. The minimum atomic E-state index is -4.12. The monoisotopic (exact) mass is 626 g/mol. The Morgan fingerprint density at radius 2 is 1.05 bits per heavy atom. The second kappa shape index (κ2) is 11.3. The SMILES string of the molecule is CC(C)(C)[Si](C)(C)O[C@@H]1[C@H](O[Si](C)(C)C(C)(C)C)C=C(S(=O)(=O)c2ccccc2)C(=O)[C@@H]1O[Si](C)(C)C(C)(C)C. The number of Topliss-reactive ketones (excluding diaryl/α,β-unsaturated/α-hetero) is 1. The van der Waals surface area contributed by atoms with Gasteiger partial charge in [-0.1, -0.05) is 80.5 Å². The van der Waals surface area contributed by atoms with Crippen LogP contribution in [0.2, 0.25) is 54.4 Å². The average Bonchev–Trinajstić information content (AvgIpc) is 2.75. The van der Waals surface area contributed by atoms with Gasteiger partial charge in [-0.2, -0.15) is 0 Å². The molecule has 0 fully saturated rings. The van der Waals surface area contributed by atoms with Crippen LogP contribution in [-0.2, 0) is 27.9 Å². The lowest BCUT2D eigenvalue weighted by Gasteiger charge is -2.49.